The molecule has 0 saturated heterocycles. The summed E-state index contributed by atoms with van der Waals surface area (Å²) < 4.78 is 0. The second-order valence-corrected chi connectivity index (χ2v) is 3.18. The van der Waals surface area contributed by atoms with E-state index in [0.717, 1.165) is 25.7 Å². The van der Waals surface area contributed by atoms with E-state index in [1.165, 1.54) is 6.42 Å². The smallest absolute Gasteiger partial charge is 0.138 e. The fourth-order valence-electron chi connectivity index (χ4n) is 1.09. The van der Waals surface area contributed by atoms with Crippen LogP contribution < -0.4 is 0 Å². The van der Waals surface area contributed by atoms with Crippen LogP contribution in [0.5, 0.6) is 0 Å². The van der Waals surface area contributed by atoms with Gasteiger partial charge in [-0.05, 0) is 25.7 Å². The zero-order valence-corrected chi connectivity index (χ0v) is 6.12. The van der Waals surface area contributed by atoms with E-state index in [9.17, 15) is 0 Å². The maximum absolute atomic E-state index is 9.14. The Morgan fingerprint density at radius 3 is 1.78 bits per heavy atom. The Balaban J connectivity index is 0.000000640. The Hall–Kier alpha value is 0.210. The third kappa shape index (κ3) is 3.04. The lowest BCUT2D eigenvalue weighted by atomic mass is 9.97. The van der Waals surface area contributed by atoms with Crippen molar-refractivity contribution in [3.63, 3.8) is 0 Å². The SMILES string of the molecule is O.OC1(Cl)CCCCC1. The fourth-order valence-corrected chi connectivity index (χ4v) is 1.36. The number of hydrogen-bond donors (Lipinski definition) is 1. The fraction of sp³-hybridized carbons (Fsp3) is 1.00. The van der Waals surface area contributed by atoms with Crippen LogP contribution in [0.2, 0.25) is 0 Å². The van der Waals surface area contributed by atoms with Crippen LogP contribution in [0.3, 0.4) is 0 Å². The minimum atomic E-state index is -0.849. The van der Waals surface area contributed by atoms with Gasteiger partial charge in [0.1, 0.15) is 5.06 Å². The predicted molar refractivity (Wildman–Crippen MR) is 37.5 cm³/mol. The molecular formula is C6H13ClO2. The molecule has 0 spiro atoms. The molecule has 1 fully saturated rings. The summed E-state index contributed by atoms with van der Waals surface area (Å²) in [5.41, 5.74) is 0. The van der Waals surface area contributed by atoms with Crippen LogP contribution in [0.25, 0.3) is 0 Å². The van der Waals surface area contributed by atoms with E-state index in [0.29, 0.717) is 0 Å². The monoisotopic (exact) mass is 152 g/mol. The molecule has 1 aliphatic carbocycles. The van der Waals surface area contributed by atoms with Crippen molar-refractivity contribution < 1.29 is 10.6 Å². The largest absolute Gasteiger partial charge is 0.412 e. The van der Waals surface area contributed by atoms with Crippen LogP contribution >= 0.6 is 11.6 Å². The van der Waals surface area contributed by atoms with Gasteiger partial charge in [0.2, 0.25) is 0 Å². The van der Waals surface area contributed by atoms with E-state index in [2.05, 4.69) is 0 Å². The molecule has 1 aliphatic rings. The van der Waals surface area contributed by atoms with E-state index in [-0.39, 0.29) is 5.48 Å². The molecule has 3 N–H and O–H groups in total. The first-order valence-electron chi connectivity index (χ1n) is 3.12. The van der Waals surface area contributed by atoms with E-state index < -0.39 is 5.06 Å². The molecule has 0 radical (unpaired) electrons. The van der Waals surface area contributed by atoms with E-state index >= 15 is 0 Å². The Bertz CT molecular complexity index is 75.1. The zero-order valence-electron chi connectivity index (χ0n) is 5.36. The molecule has 0 bridgehead atoms. The third-order valence-corrected chi connectivity index (χ3v) is 2.00. The molecule has 0 unspecified atom stereocenters. The Morgan fingerprint density at radius 2 is 1.56 bits per heavy atom. The molecule has 0 amide bonds. The normalized spacial score (nSPS) is 24.7. The second-order valence-electron chi connectivity index (χ2n) is 2.48. The van der Waals surface area contributed by atoms with Crippen molar-refractivity contribution in [2.75, 3.05) is 0 Å². The summed E-state index contributed by atoms with van der Waals surface area (Å²) in [6.07, 6.45) is 4.94. The molecular weight excluding hydrogens is 140 g/mol. The summed E-state index contributed by atoms with van der Waals surface area (Å²) in [6, 6.07) is 0. The standard InChI is InChI=1S/C6H11ClO.H2O/c7-6(8)4-2-1-3-5-6;/h8H,1-5H2;1H2. The summed E-state index contributed by atoms with van der Waals surface area (Å²) in [5.74, 6) is 0. The molecule has 0 aromatic carbocycles. The lowest BCUT2D eigenvalue weighted by Gasteiger charge is -2.24. The Labute approximate surface area is 60.1 Å². The molecule has 3 heteroatoms. The number of halogens is 1. The van der Waals surface area contributed by atoms with Gasteiger partial charge in [-0.3, -0.25) is 0 Å². The summed E-state index contributed by atoms with van der Waals surface area (Å²) in [5, 5.41) is 8.29. The lowest BCUT2D eigenvalue weighted by molar-refractivity contribution is 0.0865. The molecule has 9 heavy (non-hydrogen) atoms. The van der Waals surface area contributed by atoms with Gasteiger partial charge in [0, 0.05) is 0 Å². The van der Waals surface area contributed by atoms with E-state index in [1.807, 2.05) is 0 Å². The first kappa shape index (κ1) is 9.21. The highest BCUT2D eigenvalue weighted by molar-refractivity contribution is 6.22. The lowest BCUT2D eigenvalue weighted by Crippen LogP contribution is -2.23. The number of rotatable bonds is 0. The average Bonchev–Trinajstić information content (AvgIpc) is 1.65. The molecule has 0 aromatic heterocycles. The van der Waals surface area contributed by atoms with Gasteiger partial charge >= 0.3 is 0 Å². The van der Waals surface area contributed by atoms with Crippen molar-refractivity contribution in [1.29, 1.82) is 0 Å². The van der Waals surface area contributed by atoms with Crippen LogP contribution in [-0.2, 0) is 0 Å². The number of hydrogen-bond acceptors (Lipinski definition) is 1. The van der Waals surface area contributed by atoms with E-state index in [4.69, 9.17) is 16.7 Å². The van der Waals surface area contributed by atoms with Crippen molar-refractivity contribution in [3.05, 3.63) is 0 Å². The van der Waals surface area contributed by atoms with Crippen LogP contribution in [0.4, 0.5) is 0 Å². The van der Waals surface area contributed by atoms with Gasteiger partial charge in [-0.25, -0.2) is 0 Å². The van der Waals surface area contributed by atoms with Gasteiger partial charge in [-0.1, -0.05) is 18.0 Å². The van der Waals surface area contributed by atoms with Crippen LogP contribution in [0, 0.1) is 0 Å². The molecule has 0 heterocycles. The maximum Gasteiger partial charge on any atom is 0.138 e. The average molecular weight is 153 g/mol. The first-order valence-corrected chi connectivity index (χ1v) is 3.50. The first-order chi connectivity index (χ1) is 3.71. The van der Waals surface area contributed by atoms with E-state index in [1.54, 1.807) is 0 Å². The summed E-state index contributed by atoms with van der Waals surface area (Å²) in [7, 11) is 0. The number of aliphatic hydroxyl groups is 1. The van der Waals surface area contributed by atoms with Gasteiger partial charge in [0.05, 0.1) is 0 Å². The van der Waals surface area contributed by atoms with Crippen molar-refractivity contribution >= 4 is 11.6 Å². The quantitative estimate of drug-likeness (QED) is 0.519. The molecule has 0 aromatic rings. The third-order valence-electron chi connectivity index (χ3n) is 1.62. The van der Waals surface area contributed by atoms with Gasteiger partial charge in [-0.2, -0.15) is 0 Å². The molecule has 2 nitrogen and oxygen atoms in total. The minimum absolute atomic E-state index is 0. The van der Waals surface area contributed by atoms with Crippen molar-refractivity contribution in [1.82, 2.24) is 0 Å². The highest BCUT2D eigenvalue weighted by Gasteiger charge is 2.25. The maximum atomic E-state index is 9.14. The Morgan fingerprint density at radius 1 is 1.11 bits per heavy atom. The molecule has 1 rings (SSSR count). The number of alkyl halides is 1. The van der Waals surface area contributed by atoms with Gasteiger partial charge in [0.25, 0.3) is 0 Å². The van der Waals surface area contributed by atoms with Gasteiger partial charge < -0.3 is 10.6 Å². The van der Waals surface area contributed by atoms with Crippen LogP contribution in [0.15, 0.2) is 0 Å². The zero-order chi connectivity index (χ0) is 6.04. The van der Waals surface area contributed by atoms with Crippen molar-refractivity contribution in [2.24, 2.45) is 0 Å². The Kier molecular flexibility index (Phi) is 3.48. The topological polar surface area (TPSA) is 51.7 Å². The highest BCUT2D eigenvalue weighted by atomic mass is 35.5. The molecule has 56 valence electrons. The minimum Gasteiger partial charge on any atom is -0.412 e. The molecule has 0 aliphatic heterocycles. The van der Waals surface area contributed by atoms with Gasteiger partial charge in [0.15, 0.2) is 0 Å². The van der Waals surface area contributed by atoms with Gasteiger partial charge in [-0.15, -0.1) is 0 Å². The summed E-state index contributed by atoms with van der Waals surface area (Å²) in [6.45, 7) is 0. The van der Waals surface area contributed by atoms with Crippen molar-refractivity contribution in [3.8, 4) is 0 Å². The van der Waals surface area contributed by atoms with Crippen LogP contribution in [-0.4, -0.2) is 15.6 Å². The second kappa shape index (κ2) is 3.40. The molecule has 1 saturated carbocycles. The molecule has 0 atom stereocenters. The van der Waals surface area contributed by atoms with Crippen molar-refractivity contribution in [2.45, 2.75) is 37.2 Å². The summed E-state index contributed by atoms with van der Waals surface area (Å²) >= 11 is 5.63. The van der Waals surface area contributed by atoms with Crippen LogP contribution in [0.1, 0.15) is 32.1 Å². The predicted octanol–water partition coefficient (Wildman–Crippen LogP) is 1.05. The summed E-state index contributed by atoms with van der Waals surface area (Å²) in [4.78, 5) is 0. The highest BCUT2D eigenvalue weighted by Crippen LogP contribution is 2.30.